The highest BCUT2D eigenvalue weighted by Gasteiger charge is 2.56. The lowest BCUT2D eigenvalue weighted by atomic mass is 10.1. The summed E-state index contributed by atoms with van der Waals surface area (Å²) >= 11 is 0. The zero-order chi connectivity index (χ0) is 12.6. The summed E-state index contributed by atoms with van der Waals surface area (Å²) in [5.74, 6) is -0.430. The average molecular weight is 257 g/mol. The maximum atomic E-state index is 13.1. The number of nitrogens with two attached hydrogens (primary N) is 1. The standard InChI is InChI=1S/C12H16FNO2S/c1-2-17(15,16)12-10(7-14)11(12)8-4-3-5-9(13)6-8/h3-6,10-12H,2,7,14H2,1H3/t10-,11+,12+/m1/s1. The van der Waals surface area contributed by atoms with Crippen molar-refractivity contribution in [1.29, 1.82) is 0 Å². The number of rotatable bonds is 4. The van der Waals surface area contributed by atoms with Crippen LogP contribution in [0.4, 0.5) is 4.39 Å². The Morgan fingerprint density at radius 2 is 2.12 bits per heavy atom. The van der Waals surface area contributed by atoms with Crippen molar-refractivity contribution in [2.24, 2.45) is 11.7 Å². The molecule has 3 nitrogen and oxygen atoms in total. The second kappa shape index (κ2) is 4.38. The fourth-order valence-corrected chi connectivity index (χ4v) is 4.37. The van der Waals surface area contributed by atoms with Gasteiger partial charge in [-0.05, 0) is 30.2 Å². The molecule has 2 rings (SSSR count). The Morgan fingerprint density at radius 1 is 1.41 bits per heavy atom. The molecule has 2 N–H and O–H groups in total. The van der Waals surface area contributed by atoms with Gasteiger partial charge in [-0.3, -0.25) is 0 Å². The molecule has 1 aromatic rings. The van der Waals surface area contributed by atoms with E-state index < -0.39 is 15.1 Å². The minimum Gasteiger partial charge on any atom is -0.330 e. The van der Waals surface area contributed by atoms with Gasteiger partial charge in [0.25, 0.3) is 0 Å². The summed E-state index contributed by atoms with van der Waals surface area (Å²) in [4.78, 5) is 0. The first-order valence-corrected chi connectivity index (χ1v) is 7.40. The molecular weight excluding hydrogens is 241 g/mol. The van der Waals surface area contributed by atoms with Gasteiger partial charge in [0, 0.05) is 11.7 Å². The topological polar surface area (TPSA) is 60.2 Å². The lowest BCUT2D eigenvalue weighted by Crippen LogP contribution is -2.15. The molecule has 1 saturated carbocycles. The van der Waals surface area contributed by atoms with Gasteiger partial charge < -0.3 is 5.73 Å². The van der Waals surface area contributed by atoms with Crippen LogP contribution in [0.25, 0.3) is 0 Å². The summed E-state index contributed by atoms with van der Waals surface area (Å²) in [5.41, 5.74) is 6.32. The lowest BCUT2D eigenvalue weighted by molar-refractivity contribution is 0.592. The largest absolute Gasteiger partial charge is 0.330 e. The molecule has 1 aliphatic carbocycles. The van der Waals surface area contributed by atoms with Crippen LogP contribution in [0.1, 0.15) is 18.4 Å². The summed E-state index contributed by atoms with van der Waals surface area (Å²) in [7, 11) is -3.10. The Hall–Kier alpha value is -0.940. The van der Waals surface area contributed by atoms with Gasteiger partial charge in [0.05, 0.1) is 5.25 Å². The van der Waals surface area contributed by atoms with Gasteiger partial charge >= 0.3 is 0 Å². The minimum absolute atomic E-state index is 0.0678. The molecule has 0 unspecified atom stereocenters. The zero-order valence-corrected chi connectivity index (χ0v) is 10.5. The Balaban J connectivity index is 2.29. The maximum Gasteiger partial charge on any atom is 0.153 e. The molecule has 17 heavy (non-hydrogen) atoms. The monoisotopic (exact) mass is 257 g/mol. The third-order valence-electron chi connectivity index (χ3n) is 3.42. The van der Waals surface area contributed by atoms with E-state index >= 15 is 0 Å². The number of hydrogen-bond acceptors (Lipinski definition) is 3. The molecule has 0 radical (unpaired) electrons. The third-order valence-corrected chi connectivity index (χ3v) is 5.70. The predicted molar refractivity (Wildman–Crippen MR) is 64.9 cm³/mol. The Morgan fingerprint density at radius 3 is 2.65 bits per heavy atom. The van der Waals surface area contributed by atoms with Crippen LogP contribution in [0.5, 0.6) is 0 Å². The summed E-state index contributed by atoms with van der Waals surface area (Å²) in [6.07, 6.45) is 0. The van der Waals surface area contributed by atoms with Crippen LogP contribution in [-0.2, 0) is 9.84 Å². The molecule has 5 heteroatoms. The van der Waals surface area contributed by atoms with Gasteiger partial charge in [0.2, 0.25) is 0 Å². The molecule has 0 saturated heterocycles. The average Bonchev–Trinajstić information content (AvgIpc) is 3.04. The van der Waals surface area contributed by atoms with Crippen LogP contribution in [0.2, 0.25) is 0 Å². The molecule has 0 aliphatic heterocycles. The normalized spacial score (nSPS) is 28.1. The van der Waals surface area contributed by atoms with Gasteiger partial charge in [0.1, 0.15) is 5.82 Å². The van der Waals surface area contributed by atoms with E-state index in [1.54, 1.807) is 19.1 Å². The van der Waals surface area contributed by atoms with Crippen molar-refractivity contribution < 1.29 is 12.8 Å². The van der Waals surface area contributed by atoms with Crippen molar-refractivity contribution in [3.8, 4) is 0 Å². The highest BCUT2D eigenvalue weighted by Crippen LogP contribution is 2.51. The van der Waals surface area contributed by atoms with Crippen molar-refractivity contribution in [2.45, 2.75) is 18.1 Å². The SMILES string of the molecule is CCS(=O)(=O)[C@H]1[C@H](CN)[C@@H]1c1cccc(F)c1. The third kappa shape index (κ3) is 2.21. The van der Waals surface area contributed by atoms with Gasteiger partial charge in [-0.25, -0.2) is 12.8 Å². The second-order valence-electron chi connectivity index (χ2n) is 4.40. The maximum absolute atomic E-state index is 13.1. The highest BCUT2D eigenvalue weighted by atomic mass is 32.2. The number of hydrogen-bond donors (Lipinski definition) is 1. The Labute approximate surface area is 101 Å². The summed E-state index contributed by atoms with van der Waals surface area (Å²) in [5, 5.41) is -0.431. The van der Waals surface area contributed by atoms with Crippen molar-refractivity contribution in [3.63, 3.8) is 0 Å². The second-order valence-corrected chi connectivity index (χ2v) is 6.84. The Bertz CT molecular complexity index is 515. The van der Waals surface area contributed by atoms with E-state index in [2.05, 4.69) is 0 Å². The molecule has 0 heterocycles. The van der Waals surface area contributed by atoms with Gasteiger partial charge in [-0.2, -0.15) is 0 Å². The summed E-state index contributed by atoms with van der Waals surface area (Å²) in [6, 6.07) is 6.12. The highest BCUT2D eigenvalue weighted by molar-refractivity contribution is 7.92. The number of sulfone groups is 1. The van der Waals surface area contributed by atoms with Crippen molar-refractivity contribution >= 4 is 9.84 Å². The first-order valence-electron chi connectivity index (χ1n) is 5.68. The molecule has 3 atom stereocenters. The summed E-state index contributed by atoms with van der Waals surface area (Å²) in [6.45, 7) is 1.95. The van der Waals surface area contributed by atoms with Gasteiger partial charge in [-0.15, -0.1) is 0 Å². The number of halogens is 1. The van der Waals surface area contributed by atoms with Crippen molar-refractivity contribution in [3.05, 3.63) is 35.6 Å². The molecule has 1 aromatic carbocycles. The fourth-order valence-electron chi connectivity index (χ4n) is 2.46. The van der Waals surface area contributed by atoms with E-state index in [1.165, 1.54) is 12.1 Å². The zero-order valence-electron chi connectivity index (χ0n) is 9.64. The van der Waals surface area contributed by atoms with Crippen molar-refractivity contribution in [2.75, 3.05) is 12.3 Å². The summed E-state index contributed by atoms with van der Waals surface area (Å²) < 4.78 is 36.8. The first kappa shape index (κ1) is 12.5. The molecule has 0 amide bonds. The van der Waals surface area contributed by atoms with Crippen LogP contribution in [0.15, 0.2) is 24.3 Å². The van der Waals surface area contributed by atoms with Crippen LogP contribution < -0.4 is 5.73 Å². The van der Waals surface area contributed by atoms with Gasteiger partial charge in [-0.1, -0.05) is 19.1 Å². The van der Waals surface area contributed by atoms with Gasteiger partial charge in [0.15, 0.2) is 9.84 Å². The van der Waals surface area contributed by atoms with E-state index in [4.69, 9.17) is 5.73 Å². The lowest BCUT2D eigenvalue weighted by Gasteiger charge is -2.00. The fraction of sp³-hybridized carbons (Fsp3) is 0.500. The predicted octanol–water partition coefficient (Wildman–Crippen LogP) is 1.30. The van der Waals surface area contributed by atoms with E-state index in [0.29, 0.717) is 6.54 Å². The van der Waals surface area contributed by atoms with Crippen LogP contribution in [0, 0.1) is 11.7 Å². The van der Waals surface area contributed by atoms with Crippen molar-refractivity contribution in [1.82, 2.24) is 0 Å². The minimum atomic E-state index is -3.10. The Kier molecular flexibility index (Phi) is 3.23. The van der Waals surface area contributed by atoms with Crippen LogP contribution in [0.3, 0.4) is 0 Å². The van der Waals surface area contributed by atoms with E-state index in [1.807, 2.05) is 0 Å². The van der Waals surface area contributed by atoms with E-state index in [9.17, 15) is 12.8 Å². The molecule has 0 bridgehead atoms. The quantitative estimate of drug-likeness (QED) is 0.884. The molecule has 1 aliphatic rings. The van der Waals surface area contributed by atoms with E-state index in [-0.39, 0.29) is 23.4 Å². The van der Waals surface area contributed by atoms with E-state index in [0.717, 1.165) is 5.56 Å². The molecule has 1 fully saturated rings. The number of benzene rings is 1. The molecule has 94 valence electrons. The molecule has 0 aromatic heterocycles. The van der Waals surface area contributed by atoms with Crippen LogP contribution >= 0.6 is 0 Å². The molecular formula is C12H16FNO2S. The van der Waals surface area contributed by atoms with Crippen LogP contribution in [-0.4, -0.2) is 26.0 Å². The molecule has 0 spiro atoms. The smallest absolute Gasteiger partial charge is 0.153 e. The first-order chi connectivity index (χ1) is 8.01.